The molecule has 0 bridgehead atoms. The molecule has 0 saturated heterocycles. The van der Waals surface area contributed by atoms with Crippen LogP contribution in [0.15, 0.2) is 63.8 Å². The van der Waals surface area contributed by atoms with Crippen LogP contribution in [0, 0.1) is 12.3 Å². The topological polar surface area (TPSA) is 42.7 Å². The zero-order valence-electron chi connectivity index (χ0n) is 17.1. The summed E-state index contributed by atoms with van der Waals surface area (Å²) in [7, 11) is 0. The monoisotopic (exact) mass is 389 g/mol. The summed E-state index contributed by atoms with van der Waals surface area (Å²) in [5.41, 5.74) is 2.78. The van der Waals surface area contributed by atoms with Gasteiger partial charge in [0.2, 0.25) is 0 Å². The molecule has 0 aliphatic carbocycles. The molecule has 29 heavy (non-hydrogen) atoms. The van der Waals surface area contributed by atoms with Gasteiger partial charge in [-0.2, -0.15) is 0 Å². The minimum Gasteiger partial charge on any atom is -0.493 e. The molecule has 3 aromatic rings. The Labute approximate surface area is 172 Å². The fraction of sp³-hybridized carbons (Fsp3) is 0.320. The lowest BCUT2D eigenvalue weighted by atomic mass is 10.0. The van der Waals surface area contributed by atoms with Crippen LogP contribution in [0.3, 0.4) is 0 Å². The summed E-state index contributed by atoms with van der Waals surface area (Å²) in [6.07, 6.45) is 6.40. The van der Waals surface area contributed by atoms with Gasteiger partial charge >= 0.3 is 5.63 Å². The van der Waals surface area contributed by atoms with Crippen molar-refractivity contribution in [2.45, 2.75) is 32.7 Å². The fourth-order valence-corrected chi connectivity index (χ4v) is 3.22. The molecule has 4 heteroatoms. The molecule has 0 aliphatic rings. The summed E-state index contributed by atoms with van der Waals surface area (Å²) < 4.78 is 11.0. The second-order valence-corrected chi connectivity index (χ2v) is 7.47. The molecule has 0 unspecified atom stereocenters. The molecule has 0 N–H and O–H groups in total. The van der Waals surface area contributed by atoms with Crippen molar-refractivity contribution in [3.8, 4) is 18.1 Å². The van der Waals surface area contributed by atoms with Crippen LogP contribution in [0.5, 0.6) is 5.75 Å². The van der Waals surface area contributed by atoms with E-state index < -0.39 is 0 Å². The Hall–Kier alpha value is -3.03. The summed E-state index contributed by atoms with van der Waals surface area (Å²) in [6, 6.07) is 17.4. The molecule has 1 aromatic heterocycles. The minimum absolute atomic E-state index is 0.360. The Bertz CT molecular complexity index is 1030. The van der Waals surface area contributed by atoms with Crippen LogP contribution in [-0.4, -0.2) is 24.6 Å². The van der Waals surface area contributed by atoms with Crippen molar-refractivity contribution in [1.29, 1.82) is 0 Å². The molecular formula is C25H27NO3. The fourth-order valence-electron chi connectivity index (χ4n) is 3.22. The predicted molar refractivity (Wildman–Crippen MR) is 117 cm³/mol. The summed E-state index contributed by atoms with van der Waals surface area (Å²) in [5, 5.41) is 0.876. The number of hydrogen-bond acceptors (Lipinski definition) is 4. The van der Waals surface area contributed by atoms with Crippen LogP contribution in [0.1, 0.15) is 37.3 Å². The van der Waals surface area contributed by atoms with Gasteiger partial charge in [-0.3, -0.25) is 4.90 Å². The molecule has 2 aromatic carbocycles. The SMILES string of the molecule is C#CCN(CCCOc1ccc2ccc(=O)oc2c1)Cc1ccc(C(C)C)cc1. The van der Waals surface area contributed by atoms with Crippen LogP contribution in [0.4, 0.5) is 0 Å². The summed E-state index contributed by atoms with van der Waals surface area (Å²) in [6.45, 7) is 7.23. The van der Waals surface area contributed by atoms with Crippen molar-refractivity contribution in [3.63, 3.8) is 0 Å². The Kier molecular flexibility index (Phi) is 7.10. The maximum Gasteiger partial charge on any atom is 0.336 e. The summed E-state index contributed by atoms with van der Waals surface area (Å²) in [5.74, 6) is 3.97. The molecule has 0 spiro atoms. The molecule has 0 atom stereocenters. The number of ether oxygens (including phenoxy) is 1. The van der Waals surface area contributed by atoms with E-state index in [0.717, 1.165) is 24.9 Å². The van der Waals surface area contributed by atoms with Gasteiger partial charge in [0.1, 0.15) is 11.3 Å². The largest absolute Gasteiger partial charge is 0.493 e. The summed E-state index contributed by atoms with van der Waals surface area (Å²) >= 11 is 0. The Morgan fingerprint density at radius 1 is 1.10 bits per heavy atom. The van der Waals surface area contributed by atoms with Gasteiger partial charge in [0.15, 0.2) is 0 Å². The van der Waals surface area contributed by atoms with E-state index in [9.17, 15) is 4.79 Å². The third-order valence-corrected chi connectivity index (χ3v) is 4.85. The van der Waals surface area contributed by atoms with E-state index >= 15 is 0 Å². The average Bonchev–Trinajstić information content (AvgIpc) is 2.71. The van der Waals surface area contributed by atoms with E-state index in [-0.39, 0.29) is 5.63 Å². The van der Waals surface area contributed by atoms with Crippen LogP contribution in [0.25, 0.3) is 11.0 Å². The Balaban J connectivity index is 1.51. The number of fused-ring (bicyclic) bond motifs is 1. The van der Waals surface area contributed by atoms with Crippen molar-refractivity contribution in [2.24, 2.45) is 0 Å². The van der Waals surface area contributed by atoms with Crippen LogP contribution in [0.2, 0.25) is 0 Å². The third kappa shape index (κ3) is 5.97. The number of benzene rings is 2. The normalized spacial score (nSPS) is 11.1. The van der Waals surface area contributed by atoms with Gasteiger partial charge in [0.05, 0.1) is 13.2 Å². The lowest BCUT2D eigenvalue weighted by molar-refractivity contribution is 0.246. The highest BCUT2D eigenvalue weighted by Gasteiger charge is 2.07. The van der Waals surface area contributed by atoms with Gasteiger partial charge < -0.3 is 9.15 Å². The molecule has 0 fully saturated rings. The zero-order chi connectivity index (χ0) is 20.6. The maximum absolute atomic E-state index is 11.4. The highest BCUT2D eigenvalue weighted by molar-refractivity contribution is 5.77. The predicted octanol–water partition coefficient (Wildman–Crippen LogP) is 4.82. The lowest BCUT2D eigenvalue weighted by Crippen LogP contribution is -2.26. The lowest BCUT2D eigenvalue weighted by Gasteiger charge is -2.20. The molecule has 4 nitrogen and oxygen atoms in total. The number of rotatable bonds is 9. The highest BCUT2D eigenvalue weighted by atomic mass is 16.5. The van der Waals surface area contributed by atoms with Gasteiger partial charge in [0, 0.05) is 30.6 Å². The number of hydrogen-bond donors (Lipinski definition) is 0. The molecule has 150 valence electrons. The zero-order valence-corrected chi connectivity index (χ0v) is 17.1. The first-order valence-electron chi connectivity index (χ1n) is 9.96. The molecule has 3 rings (SSSR count). The van der Waals surface area contributed by atoms with Gasteiger partial charge in [0.25, 0.3) is 0 Å². The standard InChI is InChI=1S/C25H27NO3/c1-4-14-26(18-20-6-8-21(9-7-20)19(2)3)15-5-16-28-23-12-10-22-11-13-25(27)29-24(22)17-23/h1,6-13,17,19H,5,14-16,18H2,2-3H3. The van der Waals surface area contributed by atoms with E-state index in [1.54, 1.807) is 12.1 Å². The first-order valence-corrected chi connectivity index (χ1v) is 9.96. The maximum atomic E-state index is 11.4. The number of terminal acetylenes is 1. The molecule has 0 saturated carbocycles. The first kappa shape index (κ1) is 20.7. The first-order chi connectivity index (χ1) is 14.0. The van der Waals surface area contributed by atoms with Crippen LogP contribution >= 0.6 is 0 Å². The van der Waals surface area contributed by atoms with E-state index in [0.29, 0.717) is 30.4 Å². The van der Waals surface area contributed by atoms with Gasteiger partial charge in [-0.05, 0) is 41.7 Å². The van der Waals surface area contributed by atoms with Gasteiger partial charge in [-0.1, -0.05) is 44.0 Å². The van der Waals surface area contributed by atoms with E-state index in [2.05, 4.69) is 48.9 Å². The van der Waals surface area contributed by atoms with Crippen molar-refractivity contribution < 1.29 is 9.15 Å². The smallest absolute Gasteiger partial charge is 0.336 e. The second-order valence-electron chi connectivity index (χ2n) is 7.47. The molecule has 1 heterocycles. The van der Waals surface area contributed by atoms with Crippen LogP contribution < -0.4 is 10.4 Å². The Morgan fingerprint density at radius 3 is 2.59 bits per heavy atom. The second kappa shape index (κ2) is 9.95. The Morgan fingerprint density at radius 2 is 1.86 bits per heavy atom. The van der Waals surface area contributed by atoms with Crippen molar-refractivity contribution >= 4 is 11.0 Å². The quantitative estimate of drug-likeness (QED) is 0.299. The highest BCUT2D eigenvalue weighted by Crippen LogP contribution is 2.20. The number of nitrogens with zero attached hydrogens (tertiary/aromatic N) is 1. The average molecular weight is 389 g/mol. The molecule has 0 aliphatic heterocycles. The van der Waals surface area contributed by atoms with E-state index in [1.807, 2.05) is 12.1 Å². The van der Waals surface area contributed by atoms with E-state index in [4.69, 9.17) is 15.6 Å². The van der Waals surface area contributed by atoms with E-state index in [1.165, 1.54) is 17.2 Å². The van der Waals surface area contributed by atoms with Crippen molar-refractivity contribution in [3.05, 3.63) is 76.1 Å². The van der Waals surface area contributed by atoms with Crippen molar-refractivity contribution in [2.75, 3.05) is 19.7 Å². The van der Waals surface area contributed by atoms with Gasteiger partial charge in [-0.25, -0.2) is 4.79 Å². The molecular weight excluding hydrogens is 362 g/mol. The third-order valence-electron chi connectivity index (χ3n) is 4.85. The minimum atomic E-state index is -0.360. The van der Waals surface area contributed by atoms with Gasteiger partial charge in [-0.15, -0.1) is 6.42 Å². The summed E-state index contributed by atoms with van der Waals surface area (Å²) in [4.78, 5) is 13.6. The van der Waals surface area contributed by atoms with Crippen LogP contribution in [-0.2, 0) is 6.54 Å². The molecule has 0 radical (unpaired) electrons. The molecule has 0 amide bonds. The van der Waals surface area contributed by atoms with Crippen molar-refractivity contribution in [1.82, 2.24) is 4.90 Å².